The van der Waals surface area contributed by atoms with E-state index in [1.165, 1.54) is 23.8 Å². The topological polar surface area (TPSA) is 66.4 Å². The first-order valence-electron chi connectivity index (χ1n) is 7.09. The van der Waals surface area contributed by atoms with Gasteiger partial charge in [0.2, 0.25) is 0 Å². The van der Waals surface area contributed by atoms with Crippen molar-refractivity contribution in [2.24, 2.45) is 0 Å². The molecule has 1 aliphatic carbocycles. The van der Waals surface area contributed by atoms with Crippen LogP contribution in [0.4, 0.5) is 10.1 Å². The van der Waals surface area contributed by atoms with Crippen LogP contribution >= 0.6 is 0 Å². The fourth-order valence-corrected chi connectivity index (χ4v) is 3.82. The summed E-state index contributed by atoms with van der Waals surface area (Å²) >= 11 is 0. The number of aromatic hydroxyl groups is 1. The van der Waals surface area contributed by atoms with Crippen molar-refractivity contribution in [2.75, 3.05) is 4.72 Å². The molecule has 2 N–H and O–H groups in total. The van der Waals surface area contributed by atoms with Gasteiger partial charge in [0.15, 0.2) is 5.82 Å². The fourth-order valence-electron chi connectivity index (χ4n) is 2.68. The molecule has 0 aromatic heterocycles. The summed E-state index contributed by atoms with van der Waals surface area (Å²) in [6.45, 7) is 0. The monoisotopic (exact) mass is 321 g/mol. The normalized spacial score (nSPS) is 14.4. The highest BCUT2D eigenvalue weighted by molar-refractivity contribution is 7.92. The number of hydrogen-bond donors (Lipinski definition) is 2. The highest BCUT2D eigenvalue weighted by Gasteiger charge is 2.20. The van der Waals surface area contributed by atoms with Gasteiger partial charge in [0.25, 0.3) is 10.0 Å². The molecule has 3 rings (SSSR count). The van der Waals surface area contributed by atoms with E-state index >= 15 is 0 Å². The van der Waals surface area contributed by atoms with Crippen LogP contribution in [0.2, 0.25) is 0 Å². The van der Waals surface area contributed by atoms with Gasteiger partial charge < -0.3 is 5.11 Å². The molecule has 0 fully saturated rings. The summed E-state index contributed by atoms with van der Waals surface area (Å²) in [6, 6.07) is 8.59. The van der Waals surface area contributed by atoms with Crippen LogP contribution in [-0.4, -0.2) is 13.5 Å². The van der Waals surface area contributed by atoms with Gasteiger partial charge in [-0.05, 0) is 61.1 Å². The Bertz CT molecular complexity index is 798. The zero-order chi connectivity index (χ0) is 15.7. The standard InChI is InChI=1S/C16H16FNO3S/c17-14-6-3-7-15(19)16(14)18-22(20,21)13-9-8-11-4-1-2-5-12(11)10-13/h3,6-10,18-19H,1-2,4-5H2. The zero-order valence-electron chi connectivity index (χ0n) is 11.8. The van der Waals surface area contributed by atoms with Crippen LogP contribution in [-0.2, 0) is 22.9 Å². The second-order valence-electron chi connectivity index (χ2n) is 5.38. The third-order valence-corrected chi connectivity index (χ3v) is 5.21. The van der Waals surface area contributed by atoms with Crippen LogP contribution in [0, 0.1) is 5.82 Å². The van der Waals surface area contributed by atoms with Gasteiger partial charge in [-0.15, -0.1) is 0 Å². The number of nitrogens with one attached hydrogen (secondary N) is 1. The third-order valence-electron chi connectivity index (χ3n) is 3.86. The van der Waals surface area contributed by atoms with E-state index in [0.717, 1.165) is 37.3 Å². The van der Waals surface area contributed by atoms with Crippen molar-refractivity contribution in [3.05, 3.63) is 53.3 Å². The van der Waals surface area contributed by atoms with Gasteiger partial charge in [0, 0.05) is 0 Å². The molecule has 0 saturated carbocycles. The maximum Gasteiger partial charge on any atom is 0.262 e. The third kappa shape index (κ3) is 2.78. The molecule has 6 heteroatoms. The fraction of sp³-hybridized carbons (Fsp3) is 0.250. The van der Waals surface area contributed by atoms with E-state index in [9.17, 15) is 17.9 Å². The molecule has 0 amide bonds. The van der Waals surface area contributed by atoms with Crippen molar-refractivity contribution in [1.82, 2.24) is 0 Å². The zero-order valence-corrected chi connectivity index (χ0v) is 12.7. The summed E-state index contributed by atoms with van der Waals surface area (Å²) in [5.74, 6) is -1.26. The molecule has 0 heterocycles. The van der Waals surface area contributed by atoms with Crippen molar-refractivity contribution < 1.29 is 17.9 Å². The Balaban J connectivity index is 1.96. The number of halogens is 1. The largest absolute Gasteiger partial charge is 0.506 e. The van der Waals surface area contributed by atoms with E-state index in [2.05, 4.69) is 4.72 Å². The van der Waals surface area contributed by atoms with Crippen molar-refractivity contribution in [1.29, 1.82) is 0 Å². The first-order chi connectivity index (χ1) is 10.5. The first-order valence-corrected chi connectivity index (χ1v) is 8.58. The summed E-state index contributed by atoms with van der Waals surface area (Å²) in [7, 11) is -3.94. The molecule has 0 saturated heterocycles. The minimum Gasteiger partial charge on any atom is -0.506 e. The van der Waals surface area contributed by atoms with Crippen molar-refractivity contribution in [2.45, 2.75) is 30.6 Å². The Morgan fingerprint density at radius 1 is 1.05 bits per heavy atom. The lowest BCUT2D eigenvalue weighted by molar-refractivity contribution is 0.472. The molecule has 0 unspecified atom stereocenters. The van der Waals surface area contributed by atoms with E-state index in [-0.39, 0.29) is 4.90 Å². The second-order valence-corrected chi connectivity index (χ2v) is 7.06. The minimum absolute atomic E-state index is 0.0794. The molecular formula is C16H16FNO3S. The number of phenols is 1. The van der Waals surface area contributed by atoms with E-state index in [1.54, 1.807) is 6.07 Å². The maximum absolute atomic E-state index is 13.7. The number of hydrogen-bond acceptors (Lipinski definition) is 3. The molecular weight excluding hydrogens is 305 g/mol. The lowest BCUT2D eigenvalue weighted by Gasteiger charge is -2.17. The van der Waals surface area contributed by atoms with Gasteiger partial charge >= 0.3 is 0 Å². The number of anilines is 1. The molecule has 22 heavy (non-hydrogen) atoms. The molecule has 0 atom stereocenters. The summed E-state index contributed by atoms with van der Waals surface area (Å²) in [4.78, 5) is 0.0794. The first kappa shape index (κ1) is 14.8. The molecule has 116 valence electrons. The number of para-hydroxylation sites is 1. The van der Waals surface area contributed by atoms with Crippen LogP contribution in [0.5, 0.6) is 5.75 Å². The average Bonchev–Trinajstić information content (AvgIpc) is 2.50. The minimum atomic E-state index is -3.94. The predicted molar refractivity (Wildman–Crippen MR) is 82.0 cm³/mol. The highest BCUT2D eigenvalue weighted by atomic mass is 32.2. The Labute approximate surface area is 128 Å². The second kappa shape index (κ2) is 5.61. The van der Waals surface area contributed by atoms with Crippen LogP contribution in [0.1, 0.15) is 24.0 Å². The van der Waals surface area contributed by atoms with E-state index in [0.29, 0.717) is 0 Å². The number of benzene rings is 2. The molecule has 0 radical (unpaired) electrons. The van der Waals surface area contributed by atoms with Crippen LogP contribution in [0.25, 0.3) is 0 Å². The molecule has 1 aliphatic rings. The van der Waals surface area contributed by atoms with Gasteiger partial charge in [-0.1, -0.05) is 12.1 Å². The van der Waals surface area contributed by atoms with Gasteiger partial charge in [-0.25, -0.2) is 12.8 Å². The Morgan fingerprint density at radius 3 is 2.50 bits per heavy atom. The van der Waals surface area contributed by atoms with E-state index in [4.69, 9.17) is 0 Å². The predicted octanol–water partition coefficient (Wildman–Crippen LogP) is 3.21. The summed E-state index contributed by atoms with van der Waals surface area (Å²) in [5.41, 5.74) is 1.76. The SMILES string of the molecule is O=S(=O)(Nc1c(O)cccc1F)c1ccc2c(c1)CCCC2. The molecule has 4 nitrogen and oxygen atoms in total. The molecule has 2 aromatic carbocycles. The average molecular weight is 321 g/mol. The smallest absolute Gasteiger partial charge is 0.262 e. The van der Waals surface area contributed by atoms with Gasteiger partial charge in [-0.3, -0.25) is 4.72 Å². The number of rotatable bonds is 3. The van der Waals surface area contributed by atoms with Crippen LogP contribution in [0.3, 0.4) is 0 Å². The van der Waals surface area contributed by atoms with E-state index in [1.807, 2.05) is 6.07 Å². The highest BCUT2D eigenvalue weighted by Crippen LogP contribution is 2.30. The molecule has 2 aromatic rings. The Kier molecular flexibility index (Phi) is 3.78. The lowest BCUT2D eigenvalue weighted by atomic mass is 9.92. The maximum atomic E-state index is 13.7. The Morgan fingerprint density at radius 2 is 1.77 bits per heavy atom. The van der Waals surface area contributed by atoms with Crippen LogP contribution < -0.4 is 4.72 Å². The summed E-state index contributed by atoms with van der Waals surface area (Å²) in [5, 5.41) is 9.63. The van der Waals surface area contributed by atoms with Crippen molar-refractivity contribution >= 4 is 15.7 Å². The van der Waals surface area contributed by atoms with Crippen molar-refractivity contribution in [3.8, 4) is 5.75 Å². The van der Waals surface area contributed by atoms with Gasteiger partial charge in [0.05, 0.1) is 4.90 Å². The number of sulfonamides is 1. The molecule has 0 spiro atoms. The Hall–Kier alpha value is -2.08. The number of fused-ring (bicyclic) bond motifs is 1. The summed E-state index contributed by atoms with van der Waals surface area (Å²) in [6.07, 6.45) is 3.96. The van der Waals surface area contributed by atoms with Gasteiger partial charge in [0.1, 0.15) is 11.4 Å². The van der Waals surface area contributed by atoms with Crippen LogP contribution in [0.15, 0.2) is 41.3 Å². The number of aryl methyl sites for hydroxylation is 2. The molecule has 0 aliphatic heterocycles. The van der Waals surface area contributed by atoms with Gasteiger partial charge in [-0.2, -0.15) is 0 Å². The summed E-state index contributed by atoms with van der Waals surface area (Å²) < 4.78 is 40.6. The van der Waals surface area contributed by atoms with Crippen molar-refractivity contribution in [3.63, 3.8) is 0 Å². The number of phenolic OH excluding ortho intramolecular Hbond substituents is 1. The van der Waals surface area contributed by atoms with E-state index < -0.39 is 27.3 Å². The molecule has 0 bridgehead atoms. The lowest BCUT2D eigenvalue weighted by Crippen LogP contribution is -2.15. The quantitative estimate of drug-likeness (QED) is 0.853.